The van der Waals surface area contributed by atoms with E-state index in [4.69, 9.17) is 11.5 Å². The predicted molar refractivity (Wildman–Crippen MR) is 42.3 cm³/mol. The molecule has 1 rings (SSSR count). The summed E-state index contributed by atoms with van der Waals surface area (Å²) >= 11 is 0. The van der Waals surface area contributed by atoms with Gasteiger partial charge in [0.25, 0.3) is 0 Å². The van der Waals surface area contributed by atoms with Crippen LogP contribution >= 0.6 is 0 Å². The van der Waals surface area contributed by atoms with Gasteiger partial charge in [-0.15, -0.1) is 0 Å². The van der Waals surface area contributed by atoms with Gasteiger partial charge in [-0.2, -0.15) is 0 Å². The summed E-state index contributed by atoms with van der Waals surface area (Å²) in [6.45, 7) is 0.141. The highest BCUT2D eigenvalue weighted by molar-refractivity contribution is 5.21. The van der Waals surface area contributed by atoms with Crippen molar-refractivity contribution in [1.82, 2.24) is 0 Å². The molecule has 0 fully saturated rings. The second-order valence-corrected chi connectivity index (χ2v) is 2.51. The molecule has 0 radical (unpaired) electrons. The second-order valence-electron chi connectivity index (χ2n) is 2.51. The maximum absolute atomic E-state index is 12.9. The fourth-order valence-corrected chi connectivity index (χ4v) is 0.929. The van der Waals surface area contributed by atoms with Gasteiger partial charge in [-0.1, -0.05) is 6.07 Å². The van der Waals surface area contributed by atoms with Crippen LogP contribution in [-0.4, -0.2) is 6.54 Å². The van der Waals surface area contributed by atoms with Gasteiger partial charge in [0, 0.05) is 24.2 Å². The van der Waals surface area contributed by atoms with Crippen LogP contribution in [0.1, 0.15) is 11.6 Å². The Bertz CT molecular complexity index is 276. The standard InChI is InChI=1S/C8H10F2N2/c9-5-1-2-6(7(10)3-5)8(12)4-11/h1-3,8H,4,11-12H2/t8-/m1/s1. The summed E-state index contributed by atoms with van der Waals surface area (Å²) < 4.78 is 25.3. The molecule has 0 saturated heterocycles. The molecule has 0 spiro atoms. The van der Waals surface area contributed by atoms with Crippen molar-refractivity contribution in [1.29, 1.82) is 0 Å². The average Bonchev–Trinajstić information content (AvgIpc) is 2.03. The molecule has 0 bridgehead atoms. The van der Waals surface area contributed by atoms with Crippen LogP contribution in [0.25, 0.3) is 0 Å². The van der Waals surface area contributed by atoms with Gasteiger partial charge in [0.1, 0.15) is 11.6 Å². The van der Waals surface area contributed by atoms with E-state index in [0.717, 1.165) is 12.1 Å². The minimum absolute atomic E-state index is 0.141. The molecule has 0 unspecified atom stereocenters. The Morgan fingerprint density at radius 2 is 2.00 bits per heavy atom. The summed E-state index contributed by atoms with van der Waals surface area (Å²) in [7, 11) is 0. The first kappa shape index (κ1) is 9.09. The highest BCUT2D eigenvalue weighted by atomic mass is 19.1. The largest absolute Gasteiger partial charge is 0.329 e. The molecule has 12 heavy (non-hydrogen) atoms. The highest BCUT2D eigenvalue weighted by Gasteiger charge is 2.09. The Labute approximate surface area is 69.2 Å². The second kappa shape index (κ2) is 3.60. The van der Waals surface area contributed by atoms with Gasteiger partial charge in [-0.3, -0.25) is 0 Å². The average molecular weight is 172 g/mol. The third-order valence-corrected chi connectivity index (χ3v) is 1.62. The normalized spacial score (nSPS) is 13.0. The molecule has 1 aromatic rings. The van der Waals surface area contributed by atoms with Crippen molar-refractivity contribution in [3.05, 3.63) is 35.4 Å². The SMILES string of the molecule is NC[C@@H](N)c1ccc(F)cc1F. The van der Waals surface area contributed by atoms with Crippen LogP contribution in [0, 0.1) is 11.6 Å². The first-order valence-corrected chi connectivity index (χ1v) is 3.55. The molecular weight excluding hydrogens is 162 g/mol. The zero-order valence-corrected chi connectivity index (χ0v) is 6.43. The van der Waals surface area contributed by atoms with Crippen molar-refractivity contribution in [3.8, 4) is 0 Å². The number of hydrogen-bond acceptors (Lipinski definition) is 2. The van der Waals surface area contributed by atoms with Crippen molar-refractivity contribution < 1.29 is 8.78 Å². The van der Waals surface area contributed by atoms with Gasteiger partial charge in [-0.25, -0.2) is 8.78 Å². The third kappa shape index (κ3) is 1.78. The first-order chi connectivity index (χ1) is 5.65. The topological polar surface area (TPSA) is 52.0 Å². The van der Waals surface area contributed by atoms with E-state index in [2.05, 4.69) is 0 Å². The van der Waals surface area contributed by atoms with Gasteiger partial charge >= 0.3 is 0 Å². The lowest BCUT2D eigenvalue weighted by Gasteiger charge is -2.09. The fraction of sp³-hybridized carbons (Fsp3) is 0.250. The Kier molecular flexibility index (Phi) is 2.73. The Hall–Kier alpha value is -1.00. The van der Waals surface area contributed by atoms with Crippen molar-refractivity contribution in [2.75, 3.05) is 6.54 Å². The Morgan fingerprint density at radius 3 is 2.50 bits per heavy atom. The van der Waals surface area contributed by atoms with Gasteiger partial charge in [-0.05, 0) is 6.07 Å². The molecule has 0 aliphatic heterocycles. The van der Waals surface area contributed by atoms with Crippen molar-refractivity contribution in [3.63, 3.8) is 0 Å². The monoisotopic (exact) mass is 172 g/mol. The van der Waals surface area contributed by atoms with Crippen LogP contribution in [0.15, 0.2) is 18.2 Å². The molecular formula is C8H10F2N2. The first-order valence-electron chi connectivity index (χ1n) is 3.55. The van der Waals surface area contributed by atoms with Crippen LogP contribution in [-0.2, 0) is 0 Å². The zero-order chi connectivity index (χ0) is 9.14. The van der Waals surface area contributed by atoms with Gasteiger partial charge in [0.15, 0.2) is 0 Å². The van der Waals surface area contributed by atoms with Crippen LogP contribution < -0.4 is 11.5 Å². The van der Waals surface area contributed by atoms with Gasteiger partial charge in [0.05, 0.1) is 0 Å². The number of hydrogen-bond donors (Lipinski definition) is 2. The van der Waals surface area contributed by atoms with E-state index in [0.29, 0.717) is 0 Å². The van der Waals surface area contributed by atoms with E-state index in [1.807, 2.05) is 0 Å². The van der Waals surface area contributed by atoms with E-state index >= 15 is 0 Å². The zero-order valence-electron chi connectivity index (χ0n) is 6.43. The molecule has 0 aromatic heterocycles. The summed E-state index contributed by atoms with van der Waals surface area (Å²) in [5, 5.41) is 0. The highest BCUT2D eigenvalue weighted by Crippen LogP contribution is 2.14. The molecule has 1 atom stereocenters. The minimum Gasteiger partial charge on any atom is -0.329 e. The van der Waals surface area contributed by atoms with E-state index in [9.17, 15) is 8.78 Å². The molecule has 0 amide bonds. The number of benzene rings is 1. The molecule has 1 aromatic carbocycles. The third-order valence-electron chi connectivity index (χ3n) is 1.62. The molecule has 4 N–H and O–H groups in total. The molecule has 2 nitrogen and oxygen atoms in total. The van der Waals surface area contributed by atoms with Crippen LogP contribution in [0.3, 0.4) is 0 Å². The molecule has 66 valence electrons. The molecule has 0 aliphatic rings. The molecule has 0 heterocycles. The van der Waals surface area contributed by atoms with E-state index < -0.39 is 17.7 Å². The number of nitrogens with two attached hydrogens (primary N) is 2. The number of halogens is 2. The maximum atomic E-state index is 12.9. The summed E-state index contributed by atoms with van der Waals surface area (Å²) in [5.41, 5.74) is 10.9. The fourth-order valence-electron chi connectivity index (χ4n) is 0.929. The van der Waals surface area contributed by atoms with Gasteiger partial charge < -0.3 is 11.5 Å². The van der Waals surface area contributed by atoms with Gasteiger partial charge in [0.2, 0.25) is 0 Å². The summed E-state index contributed by atoms with van der Waals surface area (Å²) in [5.74, 6) is -1.26. The van der Waals surface area contributed by atoms with E-state index in [1.165, 1.54) is 6.07 Å². The van der Waals surface area contributed by atoms with Crippen LogP contribution in [0.5, 0.6) is 0 Å². The van der Waals surface area contributed by atoms with Crippen LogP contribution in [0.2, 0.25) is 0 Å². The van der Waals surface area contributed by atoms with Crippen molar-refractivity contribution >= 4 is 0 Å². The summed E-state index contributed by atoms with van der Waals surface area (Å²) in [6.07, 6.45) is 0. The lowest BCUT2D eigenvalue weighted by atomic mass is 10.1. The Morgan fingerprint density at radius 1 is 1.33 bits per heavy atom. The lowest BCUT2D eigenvalue weighted by molar-refractivity contribution is 0.556. The molecule has 4 heteroatoms. The number of rotatable bonds is 2. The van der Waals surface area contributed by atoms with E-state index in [-0.39, 0.29) is 12.1 Å². The van der Waals surface area contributed by atoms with Crippen molar-refractivity contribution in [2.24, 2.45) is 11.5 Å². The summed E-state index contributed by atoms with van der Waals surface area (Å²) in [6, 6.07) is 2.70. The minimum atomic E-state index is -0.645. The lowest BCUT2D eigenvalue weighted by Crippen LogP contribution is -2.21. The summed E-state index contributed by atoms with van der Waals surface area (Å²) in [4.78, 5) is 0. The molecule has 0 aliphatic carbocycles. The maximum Gasteiger partial charge on any atom is 0.130 e. The predicted octanol–water partition coefficient (Wildman–Crippen LogP) is 0.923. The van der Waals surface area contributed by atoms with Crippen molar-refractivity contribution in [2.45, 2.75) is 6.04 Å². The molecule has 0 saturated carbocycles. The Balaban J connectivity index is 3.01. The smallest absolute Gasteiger partial charge is 0.130 e. The van der Waals surface area contributed by atoms with E-state index in [1.54, 1.807) is 0 Å². The van der Waals surface area contributed by atoms with Crippen LogP contribution in [0.4, 0.5) is 8.78 Å². The quantitative estimate of drug-likeness (QED) is 0.697.